The Bertz CT molecular complexity index is 585. The van der Waals surface area contributed by atoms with Crippen molar-refractivity contribution >= 4 is 23.5 Å². The number of H-pyrrole nitrogens is 1. The third-order valence-electron chi connectivity index (χ3n) is 2.73. The first-order valence-corrected chi connectivity index (χ1v) is 7.32. The van der Waals surface area contributed by atoms with Gasteiger partial charge in [0.15, 0.2) is 0 Å². The number of imidazole rings is 1. The number of nitrogens with zero attached hydrogens (tertiary/aromatic N) is 2. The van der Waals surface area contributed by atoms with Gasteiger partial charge in [-0.15, -0.1) is 0 Å². The Morgan fingerprint density at radius 2 is 2.35 bits per heavy atom. The first kappa shape index (κ1) is 14.4. The predicted molar refractivity (Wildman–Crippen MR) is 79.2 cm³/mol. The monoisotopic (exact) mass is 292 g/mol. The van der Waals surface area contributed by atoms with Gasteiger partial charge in [0, 0.05) is 29.9 Å². The summed E-state index contributed by atoms with van der Waals surface area (Å²) in [5, 5.41) is 12.0. The molecular weight excluding hydrogens is 276 g/mol. The van der Waals surface area contributed by atoms with Gasteiger partial charge in [0.1, 0.15) is 5.82 Å². The van der Waals surface area contributed by atoms with Gasteiger partial charge in [-0.05, 0) is 19.1 Å². The molecule has 20 heavy (non-hydrogen) atoms. The highest BCUT2D eigenvalue weighted by molar-refractivity contribution is 7.98. The van der Waals surface area contributed by atoms with Crippen molar-refractivity contribution in [3.8, 4) is 0 Å². The second-order valence-corrected chi connectivity index (χ2v) is 5.29. The van der Waals surface area contributed by atoms with Gasteiger partial charge in [-0.3, -0.25) is 0 Å². The fourth-order valence-electron chi connectivity index (χ4n) is 1.61. The van der Waals surface area contributed by atoms with Gasteiger partial charge in [0.05, 0.1) is 17.6 Å². The summed E-state index contributed by atoms with van der Waals surface area (Å²) in [6.45, 7) is 2.73. The number of hydrogen-bond acceptors (Lipinski definition) is 5. The molecule has 0 saturated carbocycles. The van der Waals surface area contributed by atoms with Gasteiger partial charge in [0.2, 0.25) is 0 Å². The number of pyridine rings is 1. The summed E-state index contributed by atoms with van der Waals surface area (Å²) in [5.74, 6) is 1.39. The molecule has 0 aromatic carbocycles. The minimum atomic E-state index is -0.946. The largest absolute Gasteiger partial charge is 0.478 e. The number of hydrogen-bond donors (Lipinski definition) is 3. The molecule has 0 aliphatic rings. The Balaban J connectivity index is 1.72. The van der Waals surface area contributed by atoms with Crippen LogP contribution in [0.25, 0.3) is 0 Å². The maximum Gasteiger partial charge on any atom is 0.335 e. The second-order valence-electron chi connectivity index (χ2n) is 4.19. The molecule has 0 fully saturated rings. The zero-order chi connectivity index (χ0) is 14.4. The lowest BCUT2D eigenvalue weighted by molar-refractivity contribution is 0.0697. The zero-order valence-electron chi connectivity index (χ0n) is 11.1. The van der Waals surface area contributed by atoms with Crippen molar-refractivity contribution in [2.45, 2.75) is 12.7 Å². The van der Waals surface area contributed by atoms with Crippen LogP contribution >= 0.6 is 11.8 Å². The number of aromatic amines is 1. The number of aromatic carboxylic acids is 1. The molecule has 3 N–H and O–H groups in total. The van der Waals surface area contributed by atoms with E-state index in [1.54, 1.807) is 18.1 Å². The molecule has 0 spiro atoms. The lowest BCUT2D eigenvalue weighted by Gasteiger charge is -2.05. The summed E-state index contributed by atoms with van der Waals surface area (Å²) in [7, 11) is 0. The quantitative estimate of drug-likeness (QED) is 0.677. The molecule has 6 nitrogen and oxygen atoms in total. The van der Waals surface area contributed by atoms with Crippen LogP contribution in [-0.4, -0.2) is 38.3 Å². The molecule has 2 aromatic rings. The molecule has 0 saturated heterocycles. The number of aromatic nitrogens is 3. The predicted octanol–water partition coefficient (Wildman–Crippen LogP) is 2.16. The molecule has 2 aromatic heterocycles. The summed E-state index contributed by atoms with van der Waals surface area (Å²) >= 11 is 1.77. The number of nitrogens with one attached hydrogen (secondary N) is 2. The van der Waals surface area contributed by atoms with Crippen LogP contribution in [0.5, 0.6) is 0 Å². The van der Waals surface area contributed by atoms with Crippen molar-refractivity contribution in [2.24, 2.45) is 0 Å². The molecular formula is C13H16N4O2S. The van der Waals surface area contributed by atoms with E-state index in [2.05, 4.69) is 20.3 Å². The van der Waals surface area contributed by atoms with Gasteiger partial charge in [-0.25, -0.2) is 14.8 Å². The van der Waals surface area contributed by atoms with E-state index in [-0.39, 0.29) is 5.56 Å². The first-order valence-electron chi connectivity index (χ1n) is 6.16. The molecule has 7 heteroatoms. The average Bonchev–Trinajstić information content (AvgIpc) is 2.84. The van der Waals surface area contributed by atoms with Crippen molar-refractivity contribution in [2.75, 3.05) is 17.6 Å². The molecule has 0 unspecified atom stereocenters. The zero-order valence-corrected chi connectivity index (χ0v) is 11.9. The normalized spacial score (nSPS) is 10.4. The first-order chi connectivity index (χ1) is 9.66. The fraction of sp³-hybridized carbons (Fsp3) is 0.308. The van der Waals surface area contributed by atoms with Gasteiger partial charge in [-0.1, -0.05) is 0 Å². The van der Waals surface area contributed by atoms with Crippen molar-refractivity contribution in [3.05, 3.63) is 41.6 Å². The number of carbonyl (C=O) groups is 1. The number of aryl methyl sites for hydroxylation is 1. The molecule has 0 radical (unpaired) electrons. The lowest BCUT2D eigenvalue weighted by atomic mass is 10.2. The summed E-state index contributed by atoms with van der Waals surface area (Å²) < 4.78 is 0. The highest BCUT2D eigenvalue weighted by atomic mass is 32.2. The molecule has 2 heterocycles. The van der Waals surface area contributed by atoms with E-state index in [9.17, 15) is 4.79 Å². The summed E-state index contributed by atoms with van der Waals surface area (Å²) in [5.41, 5.74) is 2.41. The van der Waals surface area contributed by atoms with Crippen molar-refractivity contribution < 1.29 is 9.90 Å². The maximum absolute atomic E-state index is 10.8. The van der Waals surface area contributed by atoms with Crippen molar-refractivity contribution in [1.29, 1.82) is 0 Å². The van der Waals surface area contributed by atoms with E-state index >= 15 is 0 Å². The van der Waals surface area contributed by atoms with Gasteiger partial charge < -0.3 is 15.4 Å². The van der Waals surface area contributed by atoms with Crippen molar-refractivity contribution in [3.63, 3.8) is 0 Å². The van der Waals surface area contributed by atoms with Crippen LogP contribution in [0.1, 0.15) is 21.7 Å². The van der Waals surface area contributed by atoms with E-state index in [4.69, 9.17) is 5.11 Å². The van der Waals surface area contributed by atoms with Crippen LogP contribution < -0.4 is 5.32 Å². The number of rotatable bonds is 7. The molecule has 0 aliphatic heterocycles. The smallest absolute Gasteiger partial charge is 0.335 e. The molecule has 0 atom stereocenters. The lowest BCUT2D eigenvalue weighted by Crippen LogP contribution is -2.07. The topological polar surface area (TPSA) is 90.9 Å². The van der Waals surface area contributed by atoms with Crippen LogP contribution in [0.4, 0.5) is 5.82 Å². The van der Waals surface area contributed by atoms with Crippen LogP contribution in [0.3, 0.4) is 0 Å². The molecule has 0 amide bonds. The number of thioether (sulfide) groups is 1. The van der Waals surface area contributed by atoms with E-state index in [1.807, 2.05) is 6.92 Å². The SMILES string of the molecule is Cc1[nH]cnc1CSCCNc1cc(C(=O)O)ccn1. The second kappa shape index (κ2) is 6.95. The Hall–Kier alpha value is -2.02. The fourth-order valence-corrected chi connectivity index (χ4v) is 2.49. The van der Waals surface area contributed by atoms with Gasteiger partial charge in [0.25, 0.3) is 0 Å². The minimum absolute atomic E-state index is 0.238. The number of anilines is 1. The van der Waals surface area contributed by atoms with E-state index in [1.165, 1.54) is 18.3 Å². The van der Waals surface area contributed by atoms with E-state index in [0.29, 0.717) is 5.82 Å². The Morgan fingerprint density at radius 1 is 1.50 bits per heavy atom. The summed E-state index contributed by atoms with van der Waals surface area (Å²) in [4.78, 5) is 22.2. The van der Waals surface area contributed by atoms with E-state index in [0.717, 1.165) is 29.4 Å². The molecule has 0 bridgehead atoms. The summed E-state index contributed by atoms with van der Waals surface area (Å²) in [6.07, 6.45) is 3.19. The standard InChI is InChI=1S/C13H16N4O2S/c1-9-11(17-8-16-9)7-20-5-4-15-12-6-10(13(18)19)2-3-14-12/h2-3,6,8H,4-5,7H2,1H3,(H,14,15)(H,16,17)(H,18,19). The average molecular weight is 292 g/mol. The van der Waals surface area contributed by atoms with Crippen molar-refractivity contribution in [1.82, 2.24) is 15.0 Å². The van der Waals surface area contributed by atoms with Crippen LogP contribution in [0.2, 0.25) is 0 Å². The van der Waals surface area contributed by atoms with E-state index < -0.39 is 5.97 Å². The Kier molecular flexibility index (Phi) is 5.00. The van der Waals surface area contributed by atoms with Crippen LogP contribution in [-0.2, 0) is 5.75 Å². The van der Waals surface area contributed by atoms with Gasteiger partial charge >= 0.3 is 5.97 Å². The number of carboxylic acids is 1. The third-order valence-corrected chi connectivity index (χ3v) is 3.70. The van der Waals surface area contributed by atoms with Crippen LogP contribution in [0.15, 0.2) is 24.7 Å². The molecule has 2 rings (SSSR count). The third kappa shape index (κ3) is 3.99. The summed E-state index contributed by atoms with van der Waals surface area (Å²) in [6, 6.07) is 3.01. The molecule has 0 aliphatic carbocycles. The maximum atomic E-state index is 10.8. The highest BCUT2D eigenvalue weighted by Crippen LogP contribution is 2.12. The minimum Gasteiger partial charge on any atom is -0.478 e. The van der Waals surface area contributed by atoms with Gasteiger partial charge in [-0.2, -0.15) is 11.8 Å². The Morgan fingerprint density at radius 3 is 3.05 bits per heavy atom. The molecule has 106 valence electrons. The van der Waals surface area contributed by atoms with Crippen LogP contribution in [0, 0.1) is 6.92 Å². The highest BCUT2D eigenvalue weighted by Gasteiger charge is 2.04. The Labute approximate surface area is 121 Å². The number of carboxylic acid groups (broad SMARTS) is 1.